The van der Waals surface area contributed by atoms with Gasteiger partial charge in [0.05, 0.1) is 6.33 Å². The summed E-state index contributed by atoms with van der Waals surface area (Å²) in [5.74, 6) is 0.873. The maximum atomic E-state index is 13.4. The van der Waals surface area contributed by atoms with Gasteiger partial charge < -0.3 is 10.3 Å². The molecule has 0 aromatic carbocycles. The minimum Gasteiger partial charge on any atom is -0.364 e. The molecule has 0 spiro atoms. The topological polar surface area (TPSA) is 66.5 Å². The Morgan fingerprint density at radius 1 is 1.32 bits per heavy atom. The highest BCUT2D eigenvalue weighted by Gasteiger charge is 2.22. The molecule has 0 bridgehead atoms. The summed E-state index contributed by atoms with van der Waals surface area (Å²) in [5.41, 5.74) is 0.981. The zero-order valence-electron chi connectivity index (χ0n) is 11.4. The molecule has 0 saturated carbocycles. The van der Waals surface area contributed by atoms with Crippen molar-refractivity contribution in [1.82, 2.24) is 19.9 Å². The number of halogens is 1. The summed E-state index contributed by atoms with van der Waals surface area (Å²) >= 11 is 1.77. The summed E-state index contributed by atoms with van der Waals surface area (Å²) in [6, 6.07) is 0.191. The van der Waals surface area contributed by atoms with Crippen molar-refractivity contribution >= 4 is 28.7 Å². The molecule has 2 aromatic rings. The van der Waals surface area contributed by atoms with Crippen LogP contribution in [-0.2, 0) is 0 Å². The van der Waals surface area contributed by atoms with E-state index in [1.165, 1.54) is 6.33 Å². The van der Waals surface area contributed by atoms with Crippen molar-refractivity contribution in [2.24, 2.45) is 5.92 Å². The molecule has 2 aromatic heterocycles. The van der Waals surface area contributed by atoms with E-state index in [9.17, 15) is 4.39 Å². The first-order valence-electron chi connectivity index (χ1n) is 6.19. The monoisotopic (exact) mass is 283 g/mol. The van der Waals surface area contributed by atoms with E-state index in [1.807, 2.05) is 0 Å². The second kappa shape index (κ2) is 5.73. The van der Waals surface area contributed by atoms with Crippen molar-refractivity contribution in [1.29, 1.82) is 0 Å². The van der Waals surface area contributed by atoms with E-state index in [0.29, 0.717) is 28.1 Å². The Morgan fingerprint density at radius 3 is 2.68 bits per heavy atom. The molecule has 2 N–H and O–H groups in total. The third-order valence-corrected chi connectivity index (χ3v) is 4.19. The second-order valence-corrected chi connectivity index (χ2v) is 6.01. The van der Waals surface area contributed by atoms with Gasteiger partial charge in [-0.25, -0.2) is 4.98 Å². The predicted octanol–water partition coefficient (Wildman–Crippen LogP) is 2.68. The maximum Gasteiger partial charge on any atom is 0.312 e. The van der Waals surface area contributed by atoms with Crippen LogP contribution in [0.25, 0.3) is 11.2 Å². The summed E-state index contributed by atoms with van der Waals surface area (Å²) in [6.07, 6.45) is 2.79. The number of hydrogen-bond acceptors (Lipinski definition) is 5. The van der Waals surface area contributed by atoms with Gasteiger partial charge in [0.25, 0.3) is 0 Å². The maximum absolute atomic E-state index is 13.4. The van der Waals surface area contributed by atoms with Gasteiger partial charge in [0.2, 0.25) is 0 Å². The molecule has 0 saturated heterocycles. The molecule has 19 heavy (non-hydrogen) atoms. The first kappa shape index (κ1) is 14.0. The van der Waals surface area contributed by atoms with E-state index in [4.69, 9.17) is 0 Å². The van der Waals surface area contributed by atoms with Crippen molar-refractivity contribution in [3.8, 4) is 0 Å². The van der Waals surface area contributed by atoms with Crippen molar-refractivity contribution in [2.75, 3.05) is 11.6 Å². The van der Waals surface area contributed by atoms with Gasteiger partial charge >= 0.3 is 6.08 Å². The average molecular weight is 283 g/mol. The lowest BCUT2D eigenvalue weighted by atomic mass is 10.0. The van der Waals surface area contributed by atoms with Crippen LogP contribution in [0.4, 0.5) is 10.2 Å². The fraction of sp³-hybridized carbons (Fsp3) is 0.583. The van der Waals surface area contributed by atoms with Crippen LogP contribution >= 0.6 is 11.8 Å². The van der Waals surface area contributed by atoms with Crippen molar-refractivity contribution in [3.05, 3.63) is 12.4 Å². The van der Waals surface area contributed by atoms with Crippen LogP contribution in [0.5, 0.6) is 0 Å². The highest BCUT2D eigenvalue weighted by atomic mass is 32.2. The van der Waals surface area contributed by atoms with Crippen LogP contribution in [0.15, 0.2) is 6.33 Å². The Balaban J connectivity index is 2.35. The van der Waals surface area contributed by atoms with Gasteiger partial charge in [0, 0.05) is 11.3 Å². The zero-order valence-corrected chi connectivity index (χ0v) is 12.3. The minimum absolute atomic E-state index is 0.191. The van der Waals surface area contributed by atoms with Gasteiger partial charge in [0.1, 0.15) is 5.52 Å². The Kier molecular flexibility index (Phi) is 4.24. The van der Waals surface area contributed by atoms with Gasteiger partial charge in [-0.15, -0.1) is 0 Å². The quantitative estimate of drug-likeness (QED) is 0.826. The van der Waals surface area contributed by atoms with E-state index >= 15 is 0 Å². The number of fused-ring (bicyclic) bond motifs is 1. The summed E-state index contributed by atoms with van der Waals surface area (Å²) < 4.78 is 13.4. The number of rotatable bonds is 5. The molecular formula is C12H18FN5S. The number of nitrogens with zero attached hydrogens (tertiary/aromatic N) is 3. The first-order chi connectivity index (χ1) is 9.02. The summed E-state index contributed by atoms with van der Waals surface area (Å²) in [5, 5.41) is 3.70. The van der Waals surface area contributed by atoms with Crippen LogP contribution < -0.4 is 5.32 Å². The molecule has 0 fully saturated rings. The lowest BCUT2D eigenvalue weighted by Crippen LogP contribution is -2.35. The van der Waals surface area contributed by atoms with E-state index in [1.54, 1.807) is 11.8 Å². The summed E-state index contributed by atoms with van der Waals surface area (Å²) in [6.45, 7) is 6.40. The van der Waals surface area contributed by atoms with Crippen LogP contribution in [0.1, 0.15) is 20.8 Å². The fourth-order valence-corrected chi connectivity index (χ4v) is 2.72. The normalized spacial score (nSPS) is 14.8. The smallest absolute Gasteiger partial charge is 0.312 e. The lowest BCUT2D eigenvalue weighted by Gasteiger charge is -2.27. The second-order valence-electron chi connectivity index (χ2n) is 4.80. The minimum atomic E-state index is -0.763. The Hall–Kier alpha value is -1.37. The molecule has 1 unspecified atom stereocenters. The molecule has 0 aliphatic heterocycles. The molecule has 0 aliphatic rings. The standard InChI is InChI=1S/C12H18FN5S/c1-6(2)8(7(3)19-4)16-11-9-10(15-5-14-9)17-12(13)18-11/h5-8H,1-4H3,(H2,14,15,16,17,18)/t7?,8-/m0/s1. The van der Waals surface area contributed by atoms with E-state index < -0.39 is 6.08 Å². The van der Waals surface area contributed by atoms with Crippen LogP contribution in [-0.4, -0.2) is 37.5 Å². The molecule has 0 radical (unpaired) electrons. The highest BCUT2D eigenvalue weighted by molar-refractivity contribution is 7.99. The van der Waals surface area contributed by atoms with Gasteiger partial charge in [-0.3, -0.25) is 0 Å². The summed E-state index contributed by atoms with van der Waals surface area (Å²) in [7, 11) is 0. The number of hydrogen-bond donors (Lipinski definition) is 2. The molecule has 7 heteroatoms. The third kappa shape index (κ3) is 2.97. The molecule has 0 aliphatic carbocycles. The summed E-state index contributed by atoms with van der Waals surface area (Å²) in [4.78, 5) is 14.4. The highest BCUT2D eigenvalue weighted by Crippen LogP contribution is 2.24. The zero-order chi connectivity index (χ0) is 14.0. The number of imidazole rings is 1. The number of thioether (sulfide) groups is 1. The average Bonchev–Trinajstić information content (AvgIpc) is 2.82. The Bertz CT molecular complexity index is 556. The molecule has 2 heterocycles. The molecule has 0 amide bonds. The number of nitrogens with one attached hydrogen (secondary N) is 2. The first-order valence-corrected chi connectivity index (χ1v) is 7.47. The van der Waals surface area contributed by atoms with Crippen molar-refractivity contribution in [3.63, 3.8) is 0 Å². The van der Waals surface area contributed by atoms with Crippen molar-refractivity contribution < 1.29 is 4.39 Å². The molecule has 2 atom stereocenters. The SMILES string of the molecule is CSC(C)[C@@H](Nc1nc(F)nc2nc[nH]c12)C(C)C. The molecule has 104 valence electrons. The van der Waals surface area contributed by atoms with E-state index in [-0.39, 0.29) is 6.04 Å². The number of H-pyrrole nitrogens is 1. The van der Waals surface area contributed by atoms with Gasteiger partial charge in [0.15, 0.2) is 11.5 Å². The molecular weight excluding hydrogens is 265 g/mol. The van der Waals surface area contributed by atoms with Gasteiger partial charge in [-0.2, -0.15) is 26.1 Å². The third-order valence-electron chi connectivity index (χ3n) is 3.16. The fourth-order valence-electron chi connectivity index (χ4n) is 2.04. The van der Waals surface area contributed by atoms with Crippen LogP contribution in [0.3, 0.4) is 0 Å². The predicted molar refractivity (Wildman–Crippen MR) is 76.9 cm³/mol. The number of aromatic amines is 1. The van der Waals surface area contributed by atoms with Gasteiger partial charge in [-0.05, 0) is 12.2 Å². The Labute approximate surface area is 115 Å². The van der Waals surface area contributed by atoms with Crippen LogP contribution in [0.2, 0.25) is 0 Å². The molecule has 5 nitrogen and oxygen atoms in total. The number of aromatic nitrogens is 4. The van der Waals surface area contributed by atoms with E-state index in [2.05, 4.69) is 52.3 Å². The lowest BCUT2D eigenvalue weighted by molar-refractivity contribution is 0.512. The van der Waals surface area contributed by atoms with Gasteiger partial charge in [-0.1, -0.05) is 20.8 Å². The van der Waals surface area contributed by atoms with E-state index in [0.717, 1.165) is 0 Å². The van der Waals surface area contributed by atoms with Crippen LogP contribution in [0, 0.1) is 12.0 Å². The largest absolute Gasteiger partial charge is 0.364 e. The number of anilines is 1. The van der Waals surface area contributed by atoms with Crippen molar-refractivity contribution in [2.45, 2.75) is 32.1 Å². The molecule has 2 rings (SSSR count). The Morgan fingerprint density at radius 2 is 2.05 bits per heavy atom.